The van der Waals surface area contributed by atoms with Crippen molar-refractivity contribution in [3.8, 4) is 11.8 Å². The third-order valence-corrected chi connectivity index (χ3v) is 5.39. The lowest BCUT2D eigenvalue weighted by Crippen LogP contribution is -2.31. The number of methoxy groups -OCH3 is 1. The molecule has 1 fully saturated rings. The van der Waals surface area contributed by atoms with Crippen LogP contribution >= 0.6 is 0 Å². The Kier molecular flexibility index (Phi) is 7.26. The van der Waals surface area contributed by atoms with E-state index in [-0.39, 0.29) is 18.4 Å². The van der Waals surface area contributed by atoms with Crippen LogP contribution in [0.25, 0.3) is 0 Å². The number of hydrogen-bond acceptors (Lipinski definition) is 5. The van der Waals surface area contributed by atoms with Crippen molar-refractivity contribution in [2.45, 2.75) is 13.1 Å². The number of rotatable bonds is 7. The first-order valence-electron chi connectivity index (χ1n) is 10.2. The minimum atomic E-state index is -4.64. The SMILES string of the molecule is CCOc1ccc(NC(=O)C2CN(c3ccc(C#N)c(C(F)(F)F)c3)CC2COC)cc1. The van der Waals surface area contributed by atoms with E-state index in [1.165, 1.54) is 13.2 Å². The molecule has 3 rings (SSSR count). The van der Waals surface area contributed by atoms with Crippen LogP contribution in [-0.2, 0) is 15.7 Å². The van der Waals surface area contributed by atoms with Crippen LogP contribution in [0.1, 0.15) is 18.1 Å². The molecule has 0 spiro atoms. The molecule has 2 atom stereocenters. The molecule has 6 nitrogen and oxygen atoms in total. The second-order valence-electron chi connectivity index (χ2n) is 7.51. The lowest BCUT2D eigenvalue weighted by atomic mass is 9.96. The van der Waals surface area contributed by atoms with Crippen LogP contribution in [-0.4, -0.2) is 39.3 Å². The predicted molar refractivity (Wildman–Crippen MR) is 113 cm³/mol. The number of ether oxygens (including phenoxy) is 2. The van der Waals surface area contributed by atoms with Gasteiger partial charge in [-0.1, -0.05) is 0 Å². The Labute approximate surface area is 184 Å². The summed E-state index contributed by atoms with van der Waals surface area (Å²) in [5.74, 6) is -0.223. The van der Waals surface area contributed by atoms with Crippen LogP contribution in [0.5, 0.6) is 5.75 Å². The van der Waals surface area contributed by atoms with Gasteiger partial charge in [-0.05, 0) is 49.4 Å². The second kappa shape index (κ2) is 9.92. The van der Waals surface area contributed by atoms with Gasteiger partial charge in [-0.3, -0.25) is 4.79 Å². The zero-order valence-electron chi connectivity index (χ0n) is 17.8. The van der Waals surface area contributed by atoms with Crippen molar-refractivity contribution in [2.24, 2.45) is 11.8 Å². The van der Waals surface area contributed by atoms with E-state index < -0.39 is 23.2 Å². The average Bonchev–Trinajstić information content (AvgIpc) is 3.18. The molecule has 0 aromatic heterocycles. The van der Waals surface area contributed by atoms with E-state index >= 15 is 0 Å². The minimum Gasteiger partial charge on any atom is -0.494 e. The molecule has 1 saturated heterocycles. The first-order chi connectivity index (χ1) is 15.3. The van der Waals surface area contributed by atoms with Crippen molar-refractivity contribution in [3.05, 3.63) is 53.6 Å². The van der Waals surface area contributed by atoms with E-state index in [0.717, 1.165) is 12.1 Å². The molecule has 9 heteroatoms. The van der Waals surface area contributed by atoms with Crippen LogP contribution in [0.3, 0.4) is 0 Å². The van der Waals surface area contributed by atoms with Crippen molar-refractivity contribution in [2.75, 3.05) is 43.6 Å². The fourth-order valence-corrected chi connectivity index (χ4v) is 3.86. The molecular formula is C23H24F3N3O3. The van der Waals surface area contributed by atoms with E-state index in [4.69, 9.17) is 14.7 Å². The molecule has 170 valence electrons. The molecule has 2 aromatic rings. The number of carbonyl (C=O) groups is 1. The van der Waals surface area contributed by atoms with E-state index in [9.17, 15) is 18.0 Å². The van der Waals surface area contributed by atoms with Gasteiger partial charge in [-0.2, -0.15) is 18.4 Å². The van der Waals surface area contributed by atoms with Gasteiger partial charge in [0.25, 0.3) is 0 Å². The first-order valence-corrected chi connectivity index (χ1v) is 10.2. The van der Waals surface area contributed by atoms with Crippen LogP contribution in [0.4, 0.5) is 24.5 Å². The Morgan fingerprint density at radius 2 is 1.94 bits per heavy atom. The maximum Gasteiger partial charge on any atom is 0.417 e. The van der Waals surface area contributed by atoms with Gasteiger partial charge in [-0.25, -0.2) is 0 Å². The van der Waals surface area contributed by atoms with E-state index in [0.29, 0.717) is 36.9 Å². The van der Waals surface area contributed by atoms with E-state index in [2.05, 4.69) is 5.32 Å². The van der Waals surface area contributed by atoms with Gasteiger partial charge in [0.1, 0.15) is 5.75 Å². The molecule has 1 amide bonds. The second-order valence-corrected chi connectivity index (χ2v) is 7.51. The molecule has 1 aliphatic rings. The van der Waals surface area contributed by atoms with Crippen LogP contribution in [0.15, 0.2) is 42.5 Å². The quantitative estimate of drug-likeness (QED) is 0.685. The molecular weight excluding hydrogens is 423 g/mol. The van der Waals surface area contributed by atoms with Crippen molar-refractivity contribution in [1.82, 2.24) is 0 Å². The summed E-state index contributed by atoms with van der Waals surface area (Å²) in [6.45, 7) is 3.30. The van der Waals surface area contributed by atoms with Gasteiger partial charge in [0.05, 0.1) is 36.3 Å². The number of benzene rings is 2. The number of hydrogen-bond donors (Lipinski definition) is 1. The largest absolute Gasteiger partial charge is 0.494 e. The zero-order chi connectivity index (χ0) is 23.3. The van der Waals surface area contributed by atoms with Crippen LogP contribution in [0, 0.1) is 23.2 Å². The molecule has 0 radical (unpaired) electrons. The molecule has 1 aliphatic heterocycles. The fourth-order valence-electron chi connectivity index (χ4n) is 3.86. The maximum absolute atomic E-state index is 13.4. The highest BCUT2D eigenvalue weighted by atomic mass is 19.4. The number of nitriles is 1. The summed E-state index contributed by atoms with van der Waals surface area (Å²) in [7, 11) is 1.52. The van der Waals surface area contributed by atoms with Crippen LogP contribution in [0.2, 0.25) is 0 Å². The summed E-state index contributed by atoms with van der Waals surface area (Å²) >= 11 is 0. The predicted octanol–water partition coefficient (Wildman–Crippen LogP) is 4.31. The van der Waals surface area contributed by atoms with Gasteiger partial charge in [-0.15, -0.1) is 0 Å². The minimum absolute atomic E-state index is 0.201. The van der Waals surface area contributed by atoms with Crippen molar-refractivity contribution in [3.63, 3.8) is 0 Å². The van der Waals surface area contributed by atoms with Crippen molar-refractivity contribution >= 4 is 17.3 Å². The summed E-state index contributed by atoms with van der Waals surface area (Å²) in [4.78, 5) is 14.7. The molecule has 0 aliphatic carbocycles. The third-order valence-electron chi connectivity index (χ3n) is 5.39. The third kappa shape index (κ3) is 5.32. The summed E-state index contributed by atoms with van der Waals surface area (Å²) in [5.41, 5.74) is -0.499. The Hall–Kier alpha value is -3.25. The lowest BCUT2D eigenvalue weighted by Gasteiger charge is -2.20. The smallest absolute Gasteiger partial charge is 0.417 e. The summed E-state index contributed by atoms with van der Waals surface area (Å²) < 4.78 is 50.7. The Balaban J connectivity index is 1.78. The summed E-state index contributed by atoms with van der Waals surface area (Å²) in [6.07, 6.45) is -4.64. The molecule has 0 saturated carbocycles. The molecule has 1 N–H and O–H groups in total. The topological polar surface area (TPSA) is 74.6 Å². The lowest BCUT2D eigenvalue weighted by molar-refractivity contribution is -0.137. The number of nitrogens with one attached hydrogen (secondary N) is 1. The highest BCUT2D eigenvalue weighted by molar-refractivity contribution is 5.93. The van der Waals surface area contributed by atoms with E-state index in [1.54, 1.807) is 35.2 Å². The zero-order valence-corrected chi connectivity index (χ0v) is 17.8. The average molecular weight is 447 g/mol. The number of halogens is 3. The highest BCUT2D eigenvalue weighted by Gasteiger charge is 2.39. The van der Waals surface area contributed by atoms with Gasteiger partial charge in [0.2, 0.25) is 5.91 Å². The Morgan fingerprint density at radius 3 is 2.53 bits per heavy atom. The van der Waals surface area contributed by atoms with Gasteiger partial charge in [0, 0.05) is 37.5 Å². The monoisotopic (exact) mass is 447 g/mol. The molecule has 1 heterocycles. The molecule has 2 unspecified atom stereocenters. The fraction of sp³-hybridized carbons (Fsp3) is 0.391. The number of amides is 1. The van der Waals surface area contributed by atoms with Crippen molar-refractivity contribution < 1.29 is 27.4 Å². The van der Waals surface area contributed by atoms with Gasteiger partial charge in [0.15, 0.2) is 0 Å². The molecule has 0 bridgehead atoms. The first kappa shape index (κ1) is 23.4. The number of nitrogens with zero attached hydrogens (tertiary/aromatic N) is 2. The van der Waals surface area contributed by atoms with Gasteiger partial charge < -0.3 is 19.7 Å². The standard InChI is InChI=1S/C23H24F3N3O3/c1-3-32-19-8-5-17(6-9-19)28-22(30)20-13-29(12-16(20)14-31-2)18-7-4-15(11-27)21(10-18)23(24,25)26/h4-10,16,20H,3,12-14H2,1-2H3,(H,28,30). The Bertz CT molecular complexity index is 987. The Morgan fingerprint density at radius 1 is 1.22 bits per heavy atom. The number of carbonyl (C=O) groups excluding carboxylic acids is 1. The summed E-state index contributed by atoms with van der Waals surface area (Å²) in [5, 5.41) is 11.9. The van der Waals surface area contributed by atoms with E-state index in [1.807, 2.05) is 6.92 Å². The summed E-state index contributed by atoms with van der Waals surface area (Å²) in [6, 6.07) is 12.2. The van der Waals surface area contributed by atoms with Crippen molar-refractivity contribution in [1.29, 1.82) is 5.26 Å². The number of anilines is 2. The van der Waals surface area contributed by atoms with Gasteiger partial charge >= 0.3 is 6.18 Å². The maximum atomic E-state index is 13.4. The highest BCUT2D eigenvalue weighted by Crippen LogP contribution is 2.36. The van der Waals surface area contributed by atoms with Crippen LogP contribution < -0.4 is 15.0 Å². The normalized spacial score (nSPS) is 18.3. The number of alkyl halides is 3. The molecule has 32 heavy (non-hydrogen) atoms. The molecule has 2 aromatic carbocycles.